The summed E-state index contributed by atoms with van der Waals surface area (Å²) in [6.45, 7) is 6.96. The van der Waals surface area contributed by atoms with Crippen molar-refractivity contribution in [2.24, 2.45) is 10.7 Å². The second kappa shape index (κ2) is 10.6. The van der Waals surface area contributed by atoms with Crippen molar-refractivity contribution in [3.63, 3.8) is 0 Å². The Hall–Kier alpha value is -1.68. The van der Waals surface area contributed by atoms with Crippen LogP contribution in [0.2, 0.25) is 0 Å². The molecule has 0 aliphatic heterocycles. The van der Waals surface area contributed by atoms with Crippen molar-refractivity contribution < 1.29 is 9.47 Å². The minimum absolute atomic E-state index is 0. The molecule has 2 aromatic rings. The number of rotatable bonds is 6. The molecule has 0 atom stereocenters. The first-order valence-corrected chi connectivity index (χ1v) is 9.05. The van der Waals surface area contributed by atoms with Crippen LogP contribution in [0, 0.1) is 0 Å². The summed E-state index contributed by atoms with van der Waals surface area (Å²) in [5.41, 5.74) is 7.84. The fraction of sp³-hybridized carbons (Fsp3) is 0.368. The zero-order chi connectivity index (χ0) is 19.2. The molecule has 0 spiro atoms. The normalized spacial score (nSPS) is 11.5. The number of nitrogens with one attached hydrogen (secondary N) is 1. The number of aromatic nitrogens is 1. The number of benzene rings is 1. The highest BCUT2D eigenvalue weighted by molar-refractivity contribution is 14.0. The predicted molar refractivity (Wildman–Crippen MR) is 124 cm³/mol. The summed E-state index contributed by atoms with van der Waals surface area (Å²) in [7, 11) is 3.19. The van der Waals surface area contributed by atoms with Gasteiger partial charge in [-0.25, -0.2) is 9.98 Å². The van der Waals surface area contributed by atoms with E-state index in [0.717, 1.165) is 16.3 Å². The molecule has 0 unspecified atom stereocenters. The van der Waals surface area contributed by atoms with Crippen molar-refractivity contribution >= 4 is 47.4 Å². The Morgan fingerprint density at radius 2 is 1.85 bits per heavy atom. The van der Waals surface area contributed by atoms with E-state index < -0.39 is 0 Å². The molecule has 1 heterocycles. The summed E-state index contributed by atoms with van der Waals surface area (Å²) in [6, 6.07) is 9.47. The third kappa shape index (κ3) is 7.84. The third-order valence-corrected chi connectivity index (χ3v) is 4.34. The van der Waals surface area contributed by atoms with Gasteiger partial charge in [0, 0.05) is 22.7 Å². The van der Waals surface area contributed by atoms with Gasteiger partial charge in [-0.3, -0.25) is 0 Å². The molecule has 0 radical (unpaired) electrons. The standard InChI is InChI=1S/C19H26N4O2S.HI/c1-19(2,3)26-17-10-13(8-9-21-17)12-22-18(20)23-14-6-7-15(24-4)16(11-14)25-5;/h6-11H,12H2,1-5H3,(H3,20,22,23);1H. The number of aliphatic imine (C=N–C) groups is 1. The summed E-state index contributed by atoms with van der Waals surface area (Å²) in [4.78, 5) is 8.80. The van der Waals surface area contributed by atoms with E-state index in [2.05, 4.69) is 36.1 Å². The van der Waals surface area contributed by atoms with Crippen LogP contribution in [-0.2, 0) is 6.54 Å². The highest BCUT2D eigenvalue weighted by Gasteiger charge is 2.13. The monoisotopic (exact) mass is 502 g/mol. The fourth-order valence-electron chi connectivity index (χ4n) is 2.20. The average Bonchev–Trinajstić information content (AvgIpc) is 2.58. The number of nitrogens with two attached hydrogens (primary N) is 1. The van der Waals surface area contributed by atoms with Crippen molar-refractivity contribution in [2.45, 2.75) is 37.1 Å². The Kier molecular flexibility index (Phi) is 9.17. The lowest BCUT2D eigenvalue weighted by Crippen LogP contribution is -2.22. The summed E-state index contributed by atoms with van der Waals surface area (Å²) < 4.78 is 10.6. The van der Waals surface area contributed by atoms with Gasteiger partial charge >= 0.3 is 0 Å². The van der Waals surface area contributed by atoms with E-state index in [9.17, 15) is 0 Å². The molecule has 0 bridgehead atoms. The van der Waals surface area contributed by atoms with Crippen LogP contribution >= 0.6 is 35.7 Å². The van der Waals surface area contributed by atoms with Crippen LogP contribution < -0.4 is 20.5 Å². The van der Waals surface area contributed by atoms with Crippen LogP contribution in [0.15, 0.2) is 46.5 Å². The van der Waals surface area contributed by atoms with E-state index in [-0.39, 0.29) is 28.7 Å². The Bertz CT molecular complexity index is 779. The summed E-state index contributed by atoms with van der Waals surface area (Å²) >= 11 is 1.73. The number of ether oxygens (including phenoxy) is 2. The van der Waals surface area contributed by atoms with Crippen molar-refractivity contribution in [3.8, 4) is 11.5 Å². The predicted octanol–water partition coefficient (Wildman–Crippen LogP) is 4.53. The Labute approximate surface area is 182 Å². The molecule has 0 amide bonds. The molecule has 0 aliphatic carbocycles. The van der Waals surface area contributed by atoms with Crippen LogP contribution in [0.5, 0.6) is 11.5 Å². The molecule has 6 nitrogen and oxygen atoms in total. The molecule has 3 N–H and O–H groups in total. The minimum atomic E-state index is 0. The van der Waals surface area contributed by atoms with E-state index in [1.807, 2.05) is 30.3 Å². The lowest BCUT2D eigenvalue weighted by molar-refractivity contribution is 0.355. The number of anilines is 1. The lowest BCUT2D eigenvalue weighted by Gasteiger charge is -2.16. The fourth-order valence-corrected chi connectivity index (χ4v) is 3.15. The van der Waals surface area contributed by atoms with Crippen molar-refractivity contribution in [3.05, 3.63) is 42.1 Å². The maximum Gasteiger partial charge on any atom is 0.193 e. The Balaban J connectivity index is 0.00000364. The molecular weight excluding hydrogens is 475 g/mol. The van der Waals surface area contributed by atoms with Gasteiger partial charge in [-0.1, -0.05) is 20.8 Å². The Morgan fingerprint density at radius 3 is 2.48 bits per heavy atom. The van der Waals surface area contributed by atoms with Gasteiger partial charge in [0.25, 0.3) is 0 Å². The van der Waals surface area contributed by atoms with Crippen LogP contribution in [-0.4, -0.2) is 29.9 Å². The Morgan fingerprint density at radius 1 is 1.15 bits per heavy atom. The van der Waals surface area contributed by atoms with E-state index in [4.69, 9.17) is 15.2 Å². The third-order valence-electron chi connectivity index (χ3n) is 3.30. The molecule has 27 heavy (non-hydrogen) atoms. The topological polar surface area (TPSA) is 81.8 Å². The van der Waals surface area contributed by atoms with Crippen molar-refractivity contribution in [1.82, 2.24) is 4.98 Å². The van der Waals surface area contributed by atoms with Gasteiger partial charge in [-0.2, -0.15) is 0 Å². The lowest BCUT2D eigenvalue weighted by atomic mass is 10.2. The van der Waals surface area contributed by atoms with Gasteiger partial charge < -0.3 is 20.5 Å². The van der Waals surface area contributed by atoms with Crippen molar-refractivity contribution in [1.29, 1.82) is 0 Å². The molecule has 0 saturated carbocycles. The second-order valence-electron chi connectivity index (χ2n) is 6.61. The number of thioether (sulfide) groups is 1. The smallest absolute Gasteiger partial charge is 0.193 e. The molecule has 148 valence electrons. The molecule has 8 heteroatoms. The number of hydrogen-bond acceptors (Lipinski definition) is 5. The molecule has 0 saturated heterocycles. The number of methoxy groups -OCH3 is 2. The molecular formula is C19H27IN4O2S. The van der Waals surface area contributed by atoms with E-state index in [1.54, 1.807) is 32.2 Å². The molecule has 2 rings (SSSR count). The first kappa shape index (κ1) is 23.4. The van der Waals surface area contributed by atoms with E-state index in [1.165, 1.54) is 0 Å². The molecule has 1 aromatic heterocycles. The molecule has 0 aliphatic rings. The molecule has 0 fully saturated rings. The van der Waals surface area contributed by atoms with Crippen LogP contribution in [0.25, 0.3) is 0 Å². The number of hydrogen-bond donors (Lipinski definition) is 2. The highest BCUT2D eigenvalue weighted by atomic mass is 127. The second-order valence-corrected chi connectivity index (χ2v) is 8.46. The molecule has 1 aromatic carbocycles. The van der Waals surface area contributed by atoms with Crippen LogP contribution in [0.1, 0.15) is 26.3 Å². The summed E-state index contributed by atoms with van der Waals surface area (Å²) in [5.74, 6) is 1.62. The van der Waals surface area contributed by atoms with Gasteiger partial charge in [0.15, 0.2) is 17.5 Å². The van der Waals surface area contributed by atoms with Gasteiger partial charge in [-0.15, -0.1) is 35.7 Å². The first-order valence-electron chi connectivity index (χ1n) is 8.23. The SMILES string of the molecule is COc1ccc(NC(N)=NCc2ccnc(SC(C)(C)C)c2)cc1OC.I. The number of guanidine groups is 1. The highest BCUT2D eigenvalue weighted by Crippen LogP contribution is 2.31. The number of nitrogens with zero attached hydrogens (tertiary/aromatic N) is 2. The quantitative estimate of drug-likeness (QED) is 0.262. The first-order chi connectivity index (χ1) is 12.3. The van der Waals surface area contributed by atoms with Gasteiger partial charge in [-0.05, 0) is 29.8 Å². The van der Waals surface area contributed by atoms with Gasteiger partial charge in [0.05, 0.1) is 25.8 Å². The van der Waals surface area contributed by atoms with Crippen LogP contribution in [0.3, 0.4) is 0 Å². The maximum absolute atomic E-state index is 6.00. The van der Waals surface area contributed by atoms with Gasteiger partial charge in [0.1, 0.15) is 0 Å². The zero-order valence-electron chi connectivity index (χ0n) is 16.3. The zero-order valence-corrected chi connectivity index (χ0v) is 19.4. The number of halogens is 1. The average molecular weight is 502 g/mol. The largest absolute Gasteiger partial charge is 0.493 e. The number of pyridine rings is 1. The maximum atomic E-state index is 6.00. The van der Waals surface area contributed by atoms with E-state index >= 15 is 0 Å². The minimum Gasteiger partial charge on any atom is -0.493 e. The summed E-state index contributed by atoms with van der Waals surface area (Å²) in [5, 5.41) is 4.05. The summed E-state index contributed by atoms with van der Waals surface area (Å²) in [6.07, 6.45) is 1.80. The van der Waals surface area contributed by atoms with Crippen molar-refractivity contribution in [2.75, 3.05) is 19.5 Å². The van der Waals surface area contributed by atoms with Crippen LogP contribution in [0.4, 0.5) is 5.69 Å². The van der Waals surface area contributed by atoms with Gasteiger partial charge in [0.2, 0.25) is 0 Å². The van der Waals surface area contributed by atoms with E-state index in [0.29, 0.717) is 24.0 Å².